The maximum atomic E-state index is 13.0. The molecule has 0 N–H and O–H groups in total. The zero-order valence-electron chi connectivity index (χ0n) is 24.8. The molecule has 2 atom stereocenters. The summed E-state index contributed by atoms with van der Waals surface area (Å²) in [6.07, 6.45) is 0.238. The molecule has 1 saturated heterocycles. The summed E-state index contributed by atoms with van der Waals surface area (Å²) in [5.74, 6) is -0.219. The first-order valence-electron chi connectivity index (χ1n) is 14.6. The van der Waals surface area contributed by atoms with Gasteiger partial charge in [0.1, 0.15) is 5.60 Å². The molecule has 6 nitrogen and oxygen atoms in total. The predicted octanol–water partition coefficient (Wildman–Crippen LogP) is 7.99. The van der Waals surface area contributed by atoms with Gasteiger partial charge in [0.05, 0.1) is 31.4 Å². The number of hydrogen-bond donors (Lipinski definition) is 0. The Morgan fingerprint density at radius 1 is 0.857 bits per heavy atom. The molecule has 0 spiro atoms. The smallest absolute Gasteiger partial charge is 0.410 e. The molecule has 0 aliphatic carbocycles. The Hall–Kier alpha value is -4.16. The number of esters is 1. The molecule has 1 heterocycles. The molecule has 1 fully saturated rings. The molecule has 0 aromatic heterocycles. The molecule has 4 aromatic carbocycles. The molecule has 0 bridgehead atoms. The Bertz CT molecular complexity index is 1540. The lowest BCUT2D eigenvalue weighted by Gasteiger charge is -2.39. The Balaban J connectivity index is 1.37. The molecule has 1 amide bonds. The number of carbonyl (C=O) groups is 2. The largest absolute Gasteiger partial charge is 0.462 e. The summed E-state index contributed by atoms with van der Waals surface area (Å²) in [5.41, 5.74) is 4.31. The summed E-state index contributed by atoms with van der Waals surface area (Å²) < 4.78 is 17.4. The SMILES string of the molecule is CCOC(=O)c1ccc(-c2cccc([C@H]3CCN(C(=O)OC(C)(C)C)C[C@@H]3OCc3ccc4ccccc4c3)c2)cc1. The summed E-state index contributed by atoms with van der Waals surface area (Å²) in [6, 6.07) is 30.6. The third-order valence-electron chi connectivity index (χ3n) is 7.53. The molecule has 0 unspecified atom stereocenters. The van der Waals surface area contributed by atoms with Crippen LogP contribution in [0.1, 0.15) is 61.5 Å². The van der Waals surface area contributed by atoms with E-state index in [0.29, 0.717) is 31.9 Å². The van der Waals surface area contributed by atoms with Crippen molar-refractivity contribution in [3.05, 3.63) is 108 Å². The third kappa shape index (κ3) is 7.18. The minimum Gasteiger partial charge on any atom is -0.462 e. The number of ether oxygens (including phenoxy) is 3. The number of piperidine rings is 1. The van der Waals surface area contributed by atoms with Crippen LogP contribution in [0.3, 0.4) is 0 Å². The molecular weight excluding hydrogens is 526 g/mol. The van der Waals surface area contributed by atoms with E-state index in [2.05, 4.69) is 54.6 Å². The van der Waals surface area contributed by atoms with E-state index in [1.54, 1.807) is 24.0 Å². The lowest BCUT2D eigenvalue weighted by Crippen LogP contribution is -2.48. The van der Waals surface area contributed by atoms with E-state index in [1.807, 2.05) is 45.0 Å². The van der Waals surface area contributed by atoms with Gasteiger partial charge in [0, 0.05) is 12.5 Å². The van der Waals surface area contributed by atoms with Gasteiger partial charge in [-0.25, -0.2) is 9.59 Å². The summed E-state index contributed by atoms with van der Waals surface area (Å²) in [5, 5.41) is 2.37. The fraction of sp³-hybridized carbons (Fsp3) is 0.333. The highest BCUT2D eigenvalue weighted by Crippen LogP contribution is 2.34. The summed E-state index contributed by atoms with van der Waals surface area (Å²) in [4.78, 5) is 26.9. The summed E-state index contributed by atoms with van der Waals surface area (Å²) in [6.45, 7) is 9.29. The molecule has 42 heavy (non-hydrogen) atoms. The van der Waals surface area contributed by atoms with E-state index < -0.39 is 5.60 Å². The van der Waals surface area contributed by atoms with Crippen molar-refractivity contribution in [1.29, 1.82) is 0 Å². The summed E-state index contributed by atoms with van der Waals surface area (Å²) >= 11 is 0. The van der Waals surface area contributed by atoms with Gasteiger partial charge in [-0.1, -0.05) is 72.8 Å². The minimum atomic E-state index is -0.563. The van der Waals surface area contributed by atoms with Crippen molar-refractivity contribution in [1.82, 2.24) is 4.90 Å². The maximum Gasteiger partial charge on any atom is 0.410 e. The number of nitrogens with zero attached hydrogens (tertiary/aromatic N) is 1. The van der Waals surface area contributed by atoms with Crippen molar-refractivity contribution in [3.8, 4) is 11.1 Å². The van der Waals surface area contributed by atoms with Crippen LogP contribution in [0.2, 0.25) is 0 Å². The zero-order valence-corrected chi connectivity index (χ0v) is 24.8. The lowest BCUT2D eigenvalue weighted by atomic mass is 9.85. The number of likely N-dealkylation sites (tertiary alicyclic amines) is 1. The molecular formula is C36H39NO5. The van der Waals surface area contributed by atoms with Gasteiger partial charge >= 0.3 is 12.1 Å². The van der Waals surface area contributed by atoms with Crippen LogP contribution < -0.4 is 0 Å². The van der Waals surface area contributed by atoms with Crippen LogP contribution in [0.15, 0.2) is 91.0 Å². The molecule has 6 heteroatoms. The Labute approximate surface area is 248 Å². The normalized spacial score (nSPS) is 17.2. The highest BCUT2D eigenvalue weighted by Gasteiger charge is 2.35. The van der Waals surface area contributed by atoms with Crippen molar-refractivity contribution in [3.63, 3.8) is 0 Å². The van der Waals surface area contributed by atoms with Crippen molar-refractivity contribution in [2.75, 3.05) is 19.7 Å². The van der Waals surface area contributed by atoms with Crippen molar-refractivity contribution in [2.24, 2.45) is 0 Å². The van der Waals surface area contributed by atoms with Gasteiger partial charge in [0.25, 0.3) is 0 Å². The van der Waals surface area contributed by atoms with Gasteiger partial charge in [0.15, 0.2) is 0 Å². The average Bonchev–Trinajstić information content (AvgIpc) is 2.99. The quantitative estimate of drug-likeness (QED) is 0.213. The van der Waals surface area contributed by atoms with Crippen molar-refractivity contribution in [2.45, 2.75) is 58.3 Å². The third-order valence-corrected chi connectivity index (χ3v) is 7.53. The summed E-state index contributed by atoms with van der Waals surface area (Å²) in [7, 11) is 0. The molecule has 4 aromatic rings. The van der Waals surface area contributed by atoms with Crippen molar-refractivity contribution >= 4 is 22.8 Å². The van der Waals surface area contributed by atoms with E-state index in [4.69, 9.17) is 14.2 Å². The molecule has 218 valence electrons. The maximum absolute atomic E-state index is 13.0. The Morgan fingerprint density at radius 3 is 2.36 bits per heavy atom. The second-order valence-corrected chi connectivity index (χ2v) is 11.8. The van der Waals surface area contributed by atoms with Gasteiger partial charge in [0.2, 0.25) is 0 Å². The van der Waals surface area contributed by atoms with Gasteiger partial charge < -0.3 is 19.1 Å². The average molecular weight is 566 g/mol. The molecule has 1 aliphatic heterocycles. The van der Waals surface area contributed by atoms with E-state index in [-0.39, 0.29) is 24.1 Å². The fourth-order valence-corrected chi connectivity index (χ4v) is 5.45. The van der Waals surface area contributed by atoms with E-state index >= 15 is 0 Å². The monoisotopic (exact) mass is 565 g/mol. The molecule has 0 saturated carbocycles. The first kappa shape index (κ1) is 29.3. The van der Waals surface area contributed by atoms with Gasteiger partial charge in [-0.3, -0.25) is 0 Å². The number of fused-ring (bicyclic) bond motifs is 1. The minimum absolute atomic E-state index is 0.0999. The standard InChI is InChI=1S/C36H39NO5/c1-5-40-34(38)28-17-15-27(16-18-28)30-11-8-12-31(22-30)32-19-20-37(35(39)42-36(2,3)4)23-33(32)41-24-25-13-14-26-9-6-7-10-29(26)21-25/h6-18,21-22,32-33H,5,19-20,23-24H2,1-4H3/t32-,33+/m1/s1. The van der Waals surface area contributed by atoms with Gasteiger partial charge in [-0.15, -0.1) is 0 Å². The lowest BCUT2D eigenvalue weighted by molar-refractivity contribution is -0.0359. The fourth-order valence-electron chi connectivity index (χ4n) is 5.45. The number of hydrogen-bond acceptors (Lipinski definition) is 5. The van der Waals surface area contributed by atoms with Crippen LogP contribution in [-0.4, -0.2) is 48.4 Å². The van der Waals surface area contributed by atoms with E-state index in [0.717, 1.165) is 28.7 Å². The first-order chi connectivity index (χ1) is 20.2. The number of rotatable bonds is 7. The van der Waals surface area contributed by atoms with Gasteiger partial charge in [-0.2, -0.15) is 0 Å². The van der Waals surface area contributed by atoms with Crippen LogP contribution in [0.5, 0.6) is 0 Å². The Morgan fingerprint density at radius 2 is 1.62 bits per heavy atom. The molecule has 5 rings (SSSR count). The number of amides is 1. The van der Waals surface area contributed by atoms with Crippen LogP contribution in [0.4, 0.5) is 4.79 Å². The zero-order chi connectivity index (χ0) is 29.7. The van der Waals surface area contributed by atoms with Crippen LogP contribution in [0.25, 0.3) is 21.9 Å². The number of benzene rings is 4. The van der Waals surface area contributed by atoms with E-state index in [1.165, 1.54) is 10.8 Å². The van der Waals surface area contributed by atoms with Gasteiger partial charge in [-0.05, 0) is 85.3 Å². The van der Waals surface area contributed by atoms with Crippen molar-refractivity contribution < 1.29 is 23.8 Å². The van der Waals surface area contributed by atoms with Crippen LogP contribution in [0, 0.1) is 0 Å². The second kappa shape index (κ2) is 12.8. The Kier molecular flexibility index (Phi) is 8.93. The van der Waals surface area contributed by atoms with Crippen LogP contribution in [-0.2, 0) is 20.8 Å². The topological polar surface area (TPSA) is 65.1 Å². The molecule has 1 aliphatic rings. The number of carbonyl (C=O) groups excluding carboxylic acids is 2. The van der Waals surface area contributed by atoms with E-state index in [9.17, 15) is 9.59 Å². The van der Waals surface area contributed by atoms with Crippen LogP contribution >= 0.6 is 0 Å². The first-order valence-corrected chi connectivity index (χ1v) is 14.6. The highest BCUT2D eigenvalue weighted by molar-refractivity contribution is 5.90. The molecule has 0 radical (unpaired) electrons. The predicted molar refractivity (Wildman–Crippen MR) is 166 cm³/mol. The second-order valence-electron chi connectivity index (χ2n) is 11.8. The highest BCUT2D eigenvalue weighted by atomic mass is 16.6.